The van der Waals surface area contributed by atoms with Crippen LogP contribution in [0.15, 0.2) is 0 Å². The number of rotatable bonds is 5. The van der Waals surface area contributed by atoms with Crippen molar-refractivity contribution in [2.45, 2.75) is 140 Å². The monoisotopic (exact) mass is 800 g/mol. The number of fused-ring (bicyclic) bond motifs is 7. The molecule has 0 spiro atoms. The maximum absolute atomic E-state index is 14.0. The van der Waals surface area contributed by atoms with Gasteiger partial charge in [0.15, 0.2) is 5.69 Å². The van der Waals surface area contributed by atoms with Gasteiger partial charge in [0.25, 0.3) is 36.5 Å². The molecule has 302 valence electrons. The molecule has 0 unspecified atom stereocenters. The highest BCUT2D eigenvalue weighted by atomic mass is 19.4. The van der Waals surface area contributed by atoms with Crippen LogP contribution in [0.2, 0.25) is 0 Å². The molecule has 54 heavy (non-hydrogen) atoms. The molecule has 0 amide bonds. The number of hydrogen-bond donors (Lipinski definition) is 0. The van der Waals surface area contributed by atoms with Gasteiger partial charge in [0, 0.05) is 53.9 Å². The molecule has 0 aliphatic heterocycles. The van der Waals surface area contributed by atoms with Gasteiger partial charge in [-0.15, -0.1) is 0 Å². The Hall–Kier alpha value is -3.42. The second kappa shape index (κ2) is 12.5. The van der Waals surface area contributed by atoms with Gasteiger partial charge in [-0.25, -0.2) is 26.3 Å². The molecule has 2 saturated carbocycles. The largest absolute Gasteiger partial charge is 0.435 e. The maximum atomic E-state index is 14.0. The Morgan fingerprint density at radius 3 is 1.39 bits per heavy atom. The van der Waals surface area contributed by atoms with Gasteiger partial charge in [0.05, 0.1) is 5.56 Å². The number of hydrogen-bond acceptors (Lipinski definition) is 3. The van der Waals surface area contributed by atoms with Crippen LogP contribution in [-0.2, 0) is 29.9 Å². The number of halogens is 15. The Morgan fingerprint density at radius 1 is 0.556 bits per heavy atom. The van der Waals surface area contributed by atoms with E-state index >= 15 is 0 Å². The summed E-state index contributed by atoms with van der Waals surface area (Å²) in [4.78, 5) is 0. The molecule has 6 nitrogen and oxygen atoms in total. The van der Waals surface area contributed by atoms with Crippen LogP contribution in [0.1, 0.15) is 161 Å². The molecule has 0 aromatic carbocycles. The average molecular weight is 801 g/mol. The summed E-state index contributed by atoms with van der Waals surface area (Å²) >= 11 is 0. The maximum Gasteiger partial charge on any atom is 0.435 e. The molecule has 2 fully saturated rings. The highest BCUT2D eigenvalue weighted by Gasteiger charge is 2.69. The van der Waals surface area contributed by atoms with Crippen molar-refractivity contribution in [1.82, 2.24) is 29.3 Å². The first-order valence-electron chi connectivity index (χ1n) is 17.1. The van der Waals surface area contributed by atoms with E-state index in [4.69, 9.17) is 0 Å². The zero-order chi connectivity index (χ0) is 40.6. The molecular formula is C33H35F15N6. The van der Waals surface area contributed by atoms with E-state index in [9.17, 15) is 65.9 Å². The minimum atomic E-state index is -4.67. The molecule has 0 bridgehead atoms. The van der Waals surface area contributed by atoms with Crippen LogP contribution < -0.4 is 0 Å². The summed E-state index contributed by atoms with van der Waals surface area (Å²) in [6.07, 6.45) is -12.5. The Labute approximate surface area is 298 Å². The molecular weight excluding hydrogens is 765 g/mol. The van der Waals surface area contributed by atoms with E-state index in [-0.39, 0.29) is 29.3 Å². The van der Waals surface area contributed by atoms with Crippen molar-refractivity contribution in [1.29, 1.82) is 0 Å². The summed E-state index contributed by atoms with van der Waals surface area (Å²) in [5.41, 5.74) is -6.14. The smallest absolute Gasteiger partial charge is 0.260 e. The minimum Gasteiger partial charge on any atom is -0.260 e. The lowest BCUT2D eigenvalue weighted by atomic mass is 9.89. The summed E-state index contributed by atoms with van der Waals surface area (Å²) in [5.74, 6) is -16.3. The molecule has 3 heterocycles. The quantitative estimate of drug-likeness (QED) is 0.242. The SMILES string of the molecule is CC(C)n1nc(C(F)(F)F)c2c1C(F)(F)[C@@H]1C[C@H]21.CC(C)n1nc(C(F)F)c2c1C(F)(F)CCC2(F)F.CC(C)n1nc(C(F)F)c2c1C(F)(F)[C@@H]1C[C@H]21. The van der Waals surface area contributed by atoms with Crippen LogP contribution in [0.25, 0.3) is 0 Å². The standard InChI is InChI=1S/C11H12F6N2.C11H11F5N2.C11H12F4N2/c1-5(2)19-8-6(7(18-19)9(12)13)10(14,15)3-4-11(8,16)17;1-4(2)18-9-7(8(17-18)11(14,15)16)5-3-6(5)10(9,12)13;1-4(2)17-9-7(8(16-17)10(12)13)5-3-6(5)11(9,14)15/h5,9H,3-4H2,1-2H3;4-6H,3H2,1-2H3;4-6,10H,3H2,1-2H3/t;2*5-,6+/m.00/s1. The third kappa shape index (κ3) is 6.16. The highest BCUT2D eigenvalue weighted by molar-refractivity contribution is 5.48. The van der Waals surface area contributed by atoms with Gasteiger partial charge in [0.2, 0.25) is 0 Å². The van der Waals surface area contributed by atoms with E-state index in [0.29, 0.717) is 11.1 Å². The van der Waals surface area contributed by atoms with Crippen molar-refractivity contribution in [3.05, 3.63) is 50.9 Å². The first-order valence-corrected chi connectivity index (χ1v) is 17.1. The predicted octanol–water partition coefficient (Wildman–Crippen LogP) is 11.7. The molecule has 0 radical (unpaired) electrons. The molecule has 0 N–H and O–H groups in total. The van der Waals surface area contributed by atoms with Crippen LogP contribution in [0.3, 0.4) is 0 Å². The van der Waals surface area contributed by atoms with Crippen LogP contribution in [0.4, 0.5) is 65.9 Å². The van der Waals surface area contributed by atoms with Gasteiger partial charge in [-0.3, -0.25) is 14.0 Å². The van der Waals surface area contributed by atoms with Gasteiger partial charge in [-0.05, 0) is 66.2 Å². The van der Waals surface area contributed by atoms with E-state index in [1.54, 1.807) is 27.7 Å². The summed E-state index contributed by atoms with van der Waals surface area (Å²) in [6.45, 7) is 9.28. The summed E-state index contributed by atoms with van der Waals surface area (Å²) < 4.78 is 203. The molecule has 0 saturated heterocycles. The number of nitrogens with zero attached hydrogens (tertiary/aromatic N) is 6. The first kappa shape index (κ1) is 40.2. The zero-order valence-corrected chi connectivity index (χ0v) is 29.4. The normalized spacial score (nSPS) is 25.9. The van der Waals surface area contributed by atoms with Crippen molar-refractivity contribution in [2.75, 3.05) is 0 Å². The molecule has 4 atom stereocenters. The average Bonchev–Trinajstić information content (AvgIpc) is 3.77. The van der Waals surface area contributed by atoms with Crippen LogP contribution in [-0.4, -0.2) is 29.3 Å². The van der Waals surface area contributed by atoms with Crippen molar-refractivity contribution >= 4 is 0 Å². The van der Waals surface area contributed by atoms with E-state index < -0.39 is 125 Å². The molecule has 21 heteroatoms. The molecule has 3 aromatic heterocycles. The Morgan fingerprint density at radius 2 is 0.944 bits per heavy atom. The van der Waals surface area contributed by atoms with Crippen molar-refractivity contribution in [2.24, 2.45) is 11.8 Å². The molecule has 5 aliphatic carbocycles. The fourth-order valence-electron chi connectivity index (χ4n) is 7.84. The Balaban J connectivity index is 0.000000138. The molecule has 8 rings (SSSR count). The van der Waals surface area contributed by atoms with Gasteiger partial charge >= 0.3 is 6.18 Å². The van der Waals surface area contributed by atoms with Crippen molar-refractivity contribution < 1.29 is 65.9 Å². The van der Waals surface area contributed by atoms with Crippen LogP contribution in [0.5, 0.6) is 0 Å². The number of aromatic nitrogens is 6. The van der Waals surface area contributed by atoms with Gasteiger partial charge in [-0.2, -0.15) is 54.8 Å². The lowest BCUT2D eigenvalue weighted by Gasteiger charge is -2.30. The lowest BCUT2D eigenvalue weighted by Crippen LogP contribution is -2.33. The fraction of sp³-hybridized carbons (Fsp3) is 0.727. The highest BCUT2D eigenvalue weighted by Crippen LogP contribution is 2.69. The second-order valence-corrected chi connectivity index (χ2v) is 15.1. The molecule has 5 aliphatic rings. The topological polar surface area (TPSA) is 53.5 Å². The summed E-state index contributed by atoms with van der Waals surface area (Å²) in [6, 6.07) is -1.56. The van der Waals surface area contributed by atoms with E-state index in [1.807, 2.05) is 0 Å². The van der Waals surface area contributed by atoms with Crippen molar-refractivity contribution in [3.8, 4) is 0 Å². The van der Waals surface area contributed by atoms with Crippen LogP contribution in [0, 0.1) is 11.8 Å². The fourth-order valence-corrected chi connectivity index (χ4v) is 7.84. The predicted molar refractivity (Wildman–Crippen MR) is 159 cm³/mol. The van der Waals surface area contributed by atoms with Gasteiger partial charge < -0.3 is 0 Å². The third-order valence-corrected chi connectivity index (χ3v) is 10.4. The Bertz CT molecular complexity index is 1870. The minimum absolute atomic E-state index is 0.115. The van der Waals surface area contributed by atoms with Crippen LogP contribution >= 0.6 is 0 Å². The van der Waals surface area contributed by atoms with E-state index in [2.05, 4.69) is 15.3 Å². The molecule has 3 aromatic rings. The third-order valence-electron chi connectivity index (χ3n) is 10.4. The zero-order valence-electron chi connectivity index (χ0n) is 29.4. The number of alkyl halides is 15. The second-order valence-electron chi connectivity index (χ2n) is 15.1. The summed E-state index contributed by atoms with van der Waals surface area (Å²) in [5, 5.41) is 10.4. The van der Waals surface area contributed by atoms with Gasteiger partial charge in [0.1, 0.15) is 28.5 Å². The van der Waals surface area contributed by atoms with Gasteiger partial charge in [-0.1, -0.05) is 0 Å². The van der Waals surface area contributed by atoms with Crippen molar-refractivity contribution in [3.63, 3.8) is 0 Å². The summed E-state index contributed by atoms with van der Waals surface area (Å²) in [7, 11) is 0. The van der Waals surface area contributed by atoms with E-state index in [0.717, 1.165) is 9.36 Å². The Kier molecular flexibility index (Phi) is 9.35. The van der Waals surface area contributed by atoms with E-state index in [1.165, 1.54) is 13.8 Å². The first-order chi connectivity index (χ1) is 24.6. The lowest BCUT2D eigenvalue weighted by molar-refractivity contribution is -0.142.